The van der Waals surface area contributed by atoms with Crippen molar-refractivity contribution >= 4 is 17.3 Å². The minimum Gasteiger partial charge on any atom is -0.427 e. The molecule has 1 saturated heterocycles. The fraction of sp³-hybridized carbons (Fsp3) is 1.00. The summed E-state index contributed by atoms with van der Waals surface area (Å²) in [5.41, 5.74) is 10.8. The van der Waals surface area contributed by atoms with Crippen molar-refractivity contribution in [3.63, 3.8) is 0 Å². The van der Waals surface area contributed by atoms with Crippen LogP contribution in [0.3, 0.4) is 0 Å². The van der Waals surface area contributed by atoms with Gasteiger partial charge in [-0.05, 0) is 38.4 Å². The first-order valence-corrected chi connectivity index (χ1v) is 9.18. The number of hydrogen-bond acceptors (Lipinski definition) is 6. The van der Waals surface area contributed by atoms with Crippen molar-refractivity contribution in [2.24, 2.45) is 17.4 Å². The fourth-order valence-electron chi connectivity index (χ4n) is 3.02. The summed E-state index contributed by atoms with van der Waals surface area (Å²) in [6, 6.07) is 0. The first-order chi connectivity index (χ1) is 10.1. The summed E-state index contributed by atoms with van der Waals surface area (Å²) >= 11 is 0. The number of rotatable bonds is 8. The highest BCUT2D eigenvalue weighted by Crippen LogP contribution is 2.37. The number of hydrogen-bond donors (Lipinski definition) is 5. The summed E-state index contributed by atoms with van der Waals surface area (Å²) in [6.45, 7) is 2.76. The van der Waals surface area contributed by atoms with Gasteiger partial charge in [-0.1, -0.05) is 6.42 Å². The van der Waals surface area contributed by atoms with E-state index in [9.17, 15) is 8.42 Å². The third kappa shape index (κ3) is 4.19. The van der Waals surface area contributed by atoms with E-state index >= 15 is 0 Å². The molecule has 8 nitrogen and oxygen atoms in total. The van der Waals surface area contributed by atoms with E-state index < -0.39 is 28.4 Å². The van der Waals surface area contributed by atoms with Gasteiger partial charge in [0.2, 0.25) is 0 Å². The molecule has 0 unspecified atom stereocenters. The number of nitrogens with one attached hydrogen (secondary N) is 1. The summed E-state index contributed by atoms with van der Waals surface area (Å²) < 4.78 is 29.1. The quantitative estimate of drug-likeness (QED) is 0.332. The van der Waals surface area contributed by atoms with Crippen LogP contribution in [0.15, 0.2) is 0 Å². The maximum atomic E-state index is 12.5. The van der Waals surface area contributed by atoms with Gasteiger partial charge in [0, 0.05) is 30.7 Å². The molecule has 0 spiro atoms. The second kappa shape index (κ2) is 6.35. The van der Waals surface area contributed by atoms with E-state index in [2.05, 4.69) is 4.72 Å². The Morgan fingerprint density at radius 3 is 2.55 bits per heavy atom. The Hall–Kier alpha value is -0.225. The standard InChI is InChI=1S/C12H27BN4O4S/c1-11(15)9-17(7-10(11)3-2-6-13(18)19)22(20,21)16-12(8-14)4-5-12/h10,16,18-19H,2-9,14-15H2,1H3/t10-,11-/m0/s1. The first kappa shape index (κ1) is 18.1. The predicted molar refractivity (Wildman–Crippen MR) is 85.0 cm³/mol. The lowest BCUT2D eigenvalue weighted by Gasteiger charge is -2.25. The van der Waals surface area contributed by atoms with Crippen LogP contribution in [0.1, 0.15) is 32.6 Å². The van der Waals surface area contributed by atoms with Crippen molar-refractivity contribution in [3.05, 3.63) is 0 Å². The normalized spacial score (nSPS) is 31.4. The summed E-state index contributed by atoms with van der Waals surface area (Å²) in [5.74, 6) is -0.00384. The molecule has 1 aliphatic heterocycles. The molecule has 2 aliphatic rings. The van der Waals surface area contributed by atoms with Gasteiger partial charge >= 0.3 is 7.12 Å². The molecule has 2 fully saturated rings. The topological polar surface area (TPSA) is 142 Å². The molecule has 22 heavy (non-hydrogen) atoms. The van der Waals surface area contributed by atoms with Crippen LogP contribution in [0.2, 0.25) is 6.32 Å². The van der Waals surface area contributed by atoms with Crippen LogP contribution in [0.5, 0.6) is 0 Å². The van der Waals surface area contributed by atoms with Gasteiger partial charge in [0.05, 0.1) is 0 Å². The summed E-state index contributed by atoms with van der Waals surface area (Å²) in [6.07, 6.45) is 3.08. The molecule has 0 aromatic carbocycles. The van der Waals surface area contributed by atoms with Gasteiger partial charge in [-0.25, -0.2) is 0 Å². The third-order valence-electron chi connectivity index (χ3n) is 4.82. The Balaban J connectivity index is 1.96. The lowest BCUT2D eigenvalue weighted by Crippen LogP contribution is -2.50. The van der Waals surface area contributed by atoms with Crippen molar-refractivity contribution in [1.29, 1.82) is 0 Å². The van der Waals surface area contributed by atoms with E-state index in [1.54, 1.807) is 0 Å². The number of nitrogens with two attached hydrogens (primary N) is 2. The van der Waals surface area contributed by atoms with Crippen LogP contribution in [0.4, 0.5) is 0 Å². The van der Waals surface area contributed by atoms with Gasteiger partial charge in [-0.2, -0.15) is 17.4 Å². The number of nitrogens with zero attached hydrogens (tertiary/aromatic N) is 1. The molecule has 2 rings (SSSR count). The minimum atomic E-state index is -3.59. The molecule has 0 amide bonds. The highest BCUT2D eigenvalue weighted by molar-refractivity contribution is 7.87. The molecule has 0 aromatic rings. The maximum absolute atomic E-state index is 12.5. The second-order valence-corrected chi connectivity index (χ2v) is 8.67. The Labute approximate surface area is 132 Å². The van der Waals surface area contributed by atoms with Crippen LogP contribution in [0, 0.1) is 5.92 Å². The van der Waals surface area contributed by atoms with Gasteiger partial charge < -0.3 is 21.5 Å². The lowest BCUT2D eigenvalue weighted by atomic mass is 9.79. The second-order valence-electron chi connectivity index (χ2n) is 7.00. The maximum Gasteiger partial charge on any atom is 0.451 e. The molecule has 2 atom stereocenters. The molecule has 0 aromatic heterocycles. The van der Waals surface area contributed by atoms with Gasteiger partial charge in [-0.15, -0.1) is 0 Å². The SMILES string of the molecule is C[C@]1(N)CN(S(=O)(=O)NC2(CN)CC2)C[C@@H]1CCCB(O)O. The van der Waals surface area contributed by atoms with E-state index in [0.29, 0.717) is 25.9 Å². The van der Waals surface area contributed by atoms with E-state index in [0.717, 1.165) is 12.8 Å². The Kier molecular flexibility index (Phi) is 5.23. The predicted octanol–water partition coefficient (Wildman–Crippen LogP) is -1.79. The largest absolute Gasteiger partial charge is 0.451 e. The molecule has 0 bridgehead atoms. The van der Waals surface area contributed by atoms with Crippen LogP contribution in [0.25, 0.3) is 0 Å². The van der Waals surface area contributed by atoms with Crippen molar-refractivity contribution in [2.45, 2.75) is 50.0 Å². The van der Waals surface area contributed by atoms with Crippen molar-refractivity contribution < 1.29 is 18.5 Å². The van der Waals surface area contributed by atoms with Gasteiger partial charge in [0.25, 0.3) is 10.2 Å². The highest BCUT2D eigenvalue weighted by Gasteiger charge is 2.49. The van der Waals surface area contributed by atoms with Crippen molar-refractivity contribution in [1.82, 2.24) is 9.03 Å². The zero-order valence-corrected chi connectivity index (χ0v) is 13.8. The summed E-state index contributed by atoms with van der Waals surface area (Å²) in [5, 5.41) is 17.8. The molecule has 1 aliphatic carbocycles. The fourth-order valence-corrected chi connectivity index (χ4v) is 4.80. The Morgan fingerprint density at radius 2 is 2.05 bits per heavy atom. The molecular weight excluding hydrogens is 307 g/mol. The van der Waals surface area contributed by atoms with Crippen LogP contribution in [-0.4, -0.2) is 60.6 Å². The van der Waals surface area contributed by atoms with Gasteiger partial charge in [0.15, 0.2) is 0 Å². The van der Waals surface area contributed by atoms with Crippen LogP contribution in [-0.2, 0) is 10.2 Å². The van der Waals surface area contributed by atoms with Gasteiger partial charge in [0.1, 0.15) is 0 Å². The van der Waals surface area contributed by atoms with Crippen LogP contribution >= 0.6 is 0 Å². The van der Waals surface area contributed by atoms with E-state index in [4.69, 9.17) is 21.5 Å². The molecular formula is C12H27BN4O4S. The smallest absolute Gasteiger partial charge is 0.427 e. The van der Waals surface area contributed by atoms with Gasteiger partial charge in [-0.3, -0.25) is 0 Å². The third-order valence-corrected chi connectivity index (χ3v) is 6.47. The molecule has 10 heteroatoms. The zero-order valence-electron chi connectivity index (χ0n) is 13.0. The molecule has 0 radical (unpaired) electrons. The molecule has 1 heterocycles. The van der Waals surface area contributed by atoms with E-state index in [-0.39, 0.29) is 18.8 Å². The van der Waals surface area contributed by atoms with E-state index in [1.165, 1.54) is 4.31 Å². The zero-order chi connectivity index (χ0) is 16.6. The average molecular weight is 334 g/mol. The highest BCUT2D eigenvalue weighted by atomic mass is 32.2. The average Bonchev–Trinajstić information content (AvgIpc) is 3.08. The van der Waals surface area contributed by atoms with Crippen molar-refractivity contribution in [3.8, 4) is 0 Å². The summed E-state index contributed by atoms with van der Waals surface area (Å²) in [7, 11) is -4.92. The molecule has 7 N–H and O–H groups in total. The molecule has 1 saturated carbocycles. The Morgan fingerprint density at radius 1 is 1.41 bits per heavy atom. The lowest BCUT2D eigenvalue weighted by molar-refractivity contribution is 0.343. The molecule has 128 valence electrons. The minimum absolute atomic E-state index is 0.00384. The first-order valence-electron chi connectivity index (χ1n) is 7.74. The summed E-state index contributed by atoms with van der Waals surface area (Å²) in [4.78, 5) is 0. The van der Waals surface area contributed by atoms with Crippen molar-refractivity contribution in [2.75, 3.05) is 19.6 Å². The van der Waals surface area contributed by atoms with Crippen LogP contribution < -0.4 is 16.2 Å². The van der Waals surface area contributed by atoms with E-state index in [1.807, 2.05) is 6.92 Å². The Bertz CT molecular complexity index is 495. The monoisotopic (exact) mass is 334 g/mol.